The van der Waals surface area contributed by atoms with E-state index in [2.05, 4.69) is 27.1 Å². The smallest absolute Gasteiger partial charge is 0.272 e. The van der Waals surface area contributed by atoms with Crippen molar-refractivity contribution in [2.24, 2.45) is 0 Å². The van der Waals surface area contributed by atoms with Gasteiger partial charge < -0.3 is 19.9 Å². The second kappa shape index (κ2) is 8.79. The fourth-order valence-corrected chi connectivity index (χ4v) is 2.60. The minimum Gasteiger partial charge on any atom is -0.385 e. The topological polar surface area (TPSA) is 70.6 Å². The lowest BCUT2D eigenvalue weighted by Gasteiger charge is -2.33. The molecule has 0 bridgehead atoms. The Bertz CT molecular complexity index is 515. The van der Waals surface area contributed by atoms with E-state index in [1.54, 1.807) is 13.2 Å². The summed E-state index contributed by atoms with van der Waals surface area (Å²) >= 11 is 0. The molecule has 1 aromatic rings. The van der Waals surface area contributed by atoms with Crippen molar-refractivity contribution < 1.29 is 9.53 Å². The van der Waals surface area contributed by atoms with Gasteiger partial charge in [0, 0.05) is 52.1 Å². The molecule has 7 heteroatoms. The molecule has 0 spiro atoms. The summed E-state index contributed by atoms with van der Waals surface area (Å²) in [4.78, 5) is 25.6. The van der Waals surface area contributed by atoms with Crippen molar-refractivity contribution in [2.45, 2.75) is 20.3 Å². The predicted octanol–water partition coefficient (Wildman–Crippen LogP) is 1.01. The van der Waals surface area contributed by atoms with Gasteiger partial charge in [-0.15, -0.1) is 0 Å². The Morgan fingerprint density at radius 1 is 1.30 bits per heavy atom. The highest BCUT2D eigenvalue weighted by atomic mass is 16.5. The number of likely N-dealkylation sites (N-methyl/N-ethyl adjacent to an activating group) is 1. The molecule has 1 N–H and O–H groups in total. The number of aromatic nitrogens is 2. The molecule has 1 aliphatic rings. The van der Waals surface area contributed by atoms with Crippen molar-refractivity contribution in [1.29, 1.82) is 0 Å². The van der Waals surface area contributed by atoms with Gasteiger partial charge in [0.2, 0.25) is 5.95 Å². The van der Waals surface area contributed by atoms with Gasteiger partial charge in [-0.1, -0.05) is 6.92 Å². The number of rotatable bonds is 7. The van der Waals surface area contributed by atoms with Crippen molar-refractivity contribution in [3.05, 3.63) is 17.5 Å². The zero-order valence-electron chi connectivity index (χ0n) is 14.3. The van der Waals surface area contributed by atoms with Gasteiger partial charge in [-0.05, 0) is 26.0 Å². The number of methoxy groups -OCH3 is 1. The maximum absolute atomic E-state index is 12.6. The van der Waals surface area contributed by atoms with Gasteiger partial charge in [0.1, 0.15) is 5.69 Å². The van der Waals surface area contributed by atoms with E-state index >= 15 is 0 Å². The van der Waals surface area contributed by atoms with E-state index in [-0.39, 0.29) is 5.91 Å². The van der Waals surface area contributed by atoms with Gasteiger partial charge in [-0.3, -0.25) is 4.79 Å². The quantitative estimate of drug-likeness (QED) is 0.756. The molecule has 0 radical (unpaired) electrons. The number of anilines is 1. The highest BCUT2D eigenvalue weighted by molar-refractivity contribution is 5.92. The number of hydrogen-bond donors (Lipinski definition) is 1. The third kappa shape index (κ3) is 5.14. The molecule has 23 heavy (non-hydrogen) atoms. The number of nitrogens with zero attached hydrogens (tertiary/aromatic N) is 4. The molecule has 2 rings (SSSR count). The van der Waals surface area contributed by atoms with Crippen LogP contribution in [0.4, 0.5) is 5.95 Å². The van der Waals surface area contributed by atoms with E-state index in [4.69, 9.17) is 4.74 Å². The molecule has 1 fully saturated rings. The Hall–Kier alpha value is -1.73. The average Bonchev–Trinajstić information content (AvgIpc) is 2.58. The van der Waals surface area contributed by atoms with Crippen LogP contribution >= 0.6 is 0 Å². The van der Waals surface area contributed by atoms with Crippen LogP contribution in [0.2, 0.25) is 0 Å². The molecule has 0 atom stereocenters. The maximum Gasteiger partial charge on any atom is 0.272 e. The summed E-state index contributed by atoms with van der Waals surface area (Å²) in [5.74, 6) is 0.503. The average molecular weight is 321 g/mol. The van der Waals surface area contributed by atoms with Gasteiger partial charge in [0.05, 0.1) is 0 Å². The first kappa shape index (κ1) is 17.6. The zero-order chi connectivity index (χ0) is 16.7. The fraction of sp³-hybridized carbons (Fsp3) is 0.688. The lowest BCUT2D eigenvalue weighted by Crippen LogP contribution is -2.48. The van der Waals surface area contributed by atoms with Crippen molar-refractivity contribution in [3.8, 4) is 0 Å². The number of hydrogen-bond acceptors (Lipinski definition) is 6. The zero-order valence-corrected chi connectivity index (χ0v) is 14.3. The third-order valence-corrected chi connectivity index (χ3v) is 3.99. The Morgan fingerprint density at radius 2 is 2.04 bits per heavy atom. The molecule has 128 valence electrons. The Balaban J connectivity index is 1.98. The van der Waals surface area contributed by atoms with Crippen molar-refractivity contribution in [1.82, 2.24) is 19.8 Å². The monoisotopic (exact) mass is 321 g/mol. The van der Waals surface area contributed by atoms with E-state index in [9.17, 15) is 4.79 Å². The summed E-state index contributed by atoms with van der Waals surface area (Å²) < 4.78 is 5.02. The third-order valence-electron chi connectivity index (χ3n) is 3.99. The summed E-state index contributed by atoms with van der Waals surface area (Å²) in [6.45, 7) is 9.83. The highest BCUT2D eigenvalue weighted by Gasteiger charge is 2.22. The van der Waals surface area contributed by atoms with Gasteiger partial charge in [0.25, 0.3) is 5.91 Å². The molecular formula is C16H27N5O2. The molecule has 1 aromatic heterocycles. The van der Waals surface area contributed by atoms with Crippen LogP contribution in [0.5, 0.6) is 0 Å². The van der Waals surface area contributed by atoms with E-state index in [1.807, 2.05) is 11.8 Å². The van der Waals surface area contributed by atoms with Crippen LogP contribution in [-0.4, -0.2) is 78.7 Å². The van der Waals surface area contributed by atoms with Crippen molar-refractivity contribution in [3.63, 3.8) is 0 Å². The first-order chi connectivity index (χ1) is 11.1. The van der Waals surface area contributed by atoms with Gasteiger partial charge in [0.15, 0.2) is 0 Å². The number of carbonyl (C=O) groups excluding carboxylic acids is 1. The molecule has 0 saturated carbocycles. The first-order valence-electron chi connectivity index (χ1n) is 8.24. The second-order valence-electron chi connectivity index (χ2n) is 5.72. The van der Waals surface area contributed by atoms with Gasteiger partial charge in [-0.2, -0.15) is 0 Å². The van der Waals surface area contributed by atoms with Crippen LogP contribution in [0.15, 0.2) is 6.07 Å². The minimum atomic E-state index is -0.00815. The van der Waals surface area contributed by atoms with Crippen LogP contribution in [0.25, 0.3) is 0 Å². The molecule has 2 heterocycles. The fourth-order valence-electron chi connectivity index (χ4n) is 2.60. The lowest BCUT2D eigenvalue weighted by molar-refractivity contribution is 0.0637. The summed E-state index contributed by atoms with van der Waals surface area (Å²) in [5, 5.41) is 3.15. The summed E-state index contributed by atoms with van der Waals surface area (Å²) in [6.07, 6.45) is 0.871. The Labute approximate surface area is 138 Å². The molecular weight excluding hydrogens is 294 g/mol. The van der Waals surface area contributed by atoms with E-state index in [0.717, 1.165) is 51.4 Å². The number of piperazine rings is 1. The number of carbonyl (C=O) groups is 1. The minimum absolute atomic E-state index is 0.00815. The van der Waals surface area contributed by atoms with Crippen LogP contribution in [0, 0.1) is 6.92 Å². The Kier molecular flexibility index (Phi) is 6.73. The lowest BCUT2D eigenvalue weighted by atomic mass is 10.2. The van der Waals surface area contributed by atoms with Gasteiger partial charge in [-0.25, -0.2) is 9.97 Å². The molecule has 1 aliphatic heterocycles. The van der Waals surface area contributed by atoms with Gasteiger partial charge >= 0.3 is 0 Å². The SMILES string of the molecule is CCN1CCN(C(=O)c2cc(C)nc(NCCCOC)n2)CC1. The molecule has 1 amide bonds. The number of ether oxygens (including phenoxy) is 1. The molecule has 0 aromatic carbocycles. The number of amides is 1. The normalized spacial score (nSPS) is 15.7. The number of aryl methyl sites for hydroxylation is 1. The van der Waals surface area contributed by atoms with Crippen molar-refractivity contribution >= 4 is 11.9 Å². The van der Waals surface area contributed by atoms with E-state index in [1.165, 1.54) is 0 Å². The summed E-state index contributed by atoms with van der Waals surface area (Å²) in [6, 6.07) is 1.76. The standard InChI is InChI=1S/C16H27N5O2/c1-4-20-7-9-21(10-8-20)15(22)14-12-13(2)18-16(19-14)17-6-5-11-23-3/h12H,4-11H2,1-3H3,(H,17,18,19). The van der Waals surface area contributed by atoms with Crippen LogP contribution in [-0.2, 0) is 4.74 Å². The Morgan fingerprint density at radius 3 is 2.70 bits per heavy atom. The molecule has 0 aliphatic carbocycles. The second-order valence-corrected chi connectivity index (χ2v) is 5.72. The number of nitrogens with one attached hydrogen (secondary N) is 1. The highest BCUT2D eigenvalue weighted by Crippen LogP contribution is 2.10. The summed E-state index contributed by atoms with van der Waals surface area (Å²) in [7, 11) is 1.68. The maximum atomic E-state index is 12.6. The summed E-state index contributed by atoms with van der Waals surface area (Å²) in [5.41, 5.74) is 1.27. The largest absolute Gasteiger partial charge is 0.385 e. The van der Waals surface area contributed by atoms with Crippen LogP contribution in [0.3, 0.4) is 0 Å². The molecule has 7 nitrogen and oxygen atoms in total. The van der Waals surface area contributed by atoms with E-state index < -0.39 is 0 Å². The van der Waals surface area contributed by atoms with Crippen LogP contribution < -0.4 is 5.32 Å². The first-order valence-corrected chi connectivity index (χ1v) is 8.24. The van der Waals surface area contributed by atoms with E-state index in [0.29, 0.717) is 18.2 Å². The van der Waals surface area contributed by atoms with Crippen molar-refractivity contribution in [2.75, 3.05) is 58.3 Å². The predicted molar refractivity (Wildman–Crippen MR) is 89.8 cm³/mol. The van der Waals surface area contributed by atoms with Crippen LogP contribution in [0.1, 0.15) is 29.5 Å². The molecule has 0 unspecified atom stereocenters. The molecule has 1 saturated heterocycles.